The maximum absolute atomic E-state index is 6.53. The lowest BCUT2D eigenvalue weighted by Gasteiger charge is -2.28. The number of aromatic nitrogens is 4. The smallest absolute Gasteiger partial charge is 0.214 e. The molecule has 0 aliphatic heterocycles. The minimum absolute atomic E-state index is 0.213. The van der Waals surface area contributed by atoms with Gasteiger partial charge in [-0.15, -0.1) is 0 Å². The minimum atomic E-state index is 0.213. The van der Waals surface area contributed by atoms with Crippen LogP contribution >= 0.6 is 11.6 Å². The van der Waals surface area contributed by atoms with E-state index < -0.39 is 0 Å². The molecule has 3 heterocycles. The summed E-state index contributed by atoms with van der Waals surface area (Å²) in [4.78, 5) is 12.4. The van der Waals surface area contributed by atoms with Crippen LogP contribution in [0, 0.1) is 0 Å². The number of fused-ring (bicyclic) bond motifs is 2. The second-order valence-corrected chi connectivity index (χ2v) is 8.85. The number of hydrogen-bond donors (Lipinski definition) is 1. The van der Waals surface area contributed by atoms with Crippen molar-refractivity contribution in [2.24, 2.45) is 0 Å². The molecule has 2 aromatic carbocycles. The molecule has 1 aliphatic carbocycles. The molecule has 0 saturated carbocycles. The van der Waals surface area contributed by atoms with Crippen LogP contribution < -0.4 is 4.74 Å². The molecule has 0 fully saturated rings. The van der Waals surface area contributed by atoms with Crippen molar-refractivity contribution in [3.63, 3.8) is 0 Å². The highest BCUT2D eigenvalue weighted by Gasteiger charge is 2.25. The first-order valence-electron chi connectivity index (χ1n) is 11.2. The number of rotatable bonds is 5. The molecule has 0 spiro atoms. The molecule has 1 unspecified atom stereocenters. The van der Waals surface area contributed by atoms with Crippen LogP contribution in [-0.4, -0.2) is 19.5 Å². The van der Waals surface area contributed by atoms with E-state index in [-0.39, 0.29) is 6.04 Å². The molecule has 33 heavy (non-hydrogen) atoms. The van der Waals surface area contributed by atoms with Gasteiger partial charge in [-0.25, -0.2) is 9.97 Å². The minimum Gasteiger partial charge on any atom is -0.473 e. The van der Waals surface area contributed by atoms with Crippen molar-refractivity contribution in [3.05, 3.63) is 101 Å². The van der Waals surface area contributed by atoms with Crippen LogP contribution in [0.4, 0.5) is 0 Å². The van der Waals surface area contributed by atoms with Gasteiger partial charge >= 0.3 is 0 Å². The van der Waals surface area contributed by atoms with E-state index in [1.54, 1.807) is 0 Å². The number of imidazole rings is 1. The topological polar surface area (TPSA) is 55.7 Å². The van der Waals surface area contributed by atoms with E-state index in [4.69, 9.17) is 16.3 Å². The Bertz CT molecular complexity index is 1420. The predicted molar refractivity (Wildman–Crippen MR) is 131 cm³/mol. The van der Waals surface area contributed by atoms with Crippen molar-refractivity contribution in [1.29, 1.82) is 0 Å². The summed E-state index contributed by atoms with van der Waals surface area (Å²) in [5, 5.41) is 1.93. The number of pyridine rings is 1. The standard InChI is InChI=1S/C27H23ClN4O/c28-23-10-4-9-20-19(23)8-5-11-25(20)32-17-29-15-26(32)22-13-30-24-14-31-27(12-21(22)24)33-16-18-6-2-1-3-7-18/h1-4,6-7,9-10,12-15,17,25,30H,5,8,11,16H2. The van der Waals surface area contributed by atoms with Gasteiger partial charge in [0.1, 0.15) is 6.61 Å². The molecule has 0 amide bonds. The molecule has 1 atom stereocenters. The summed E-state index contributed by atoms with van der Waals surface area (Å²) >= 11 is 6.53. The van der Waals surface area contributed by atoms with Gasteiger partial charge in [0, 0.05) is 28.2 Å². The number of nitrogens with one attached hydrogen (secondary N) is 1. The molecule has 1 aliphatic rings. The zero-order valence-corrected chi connectivity index (χ0v) is 18.8. The van der Waals surface area contributed by atoms with Crippen LogP contribution in [0.25, 0.3) is 22.2 Å². The Morgan fingerprint density at radius 3 is 2.91 bits per heavy atom. The van der Waals surface area contributed by atoms with Gasteiger partial charge < -0.3 is 14.3 Å². The Morgan fingerprint density at radius 2 is 2.00 bits per heavy atom. The molecular formula is C27H23ClN4O. The van der Waals surface area contributed by atoms with E-state index in [2.05, 4.69) is 25.6 Å². The fraction of sp³-hybridized carbons (Fsp3) is 0.185. The third kappa shape index (κ3) is 3.68. The van der Waals surface area contributed by atoms with Crippen molar-refractivity contribution in [2.75, 3.05) is 0 Å². The van der Waals surface area contributed by atoms with Gasteiger partial charge in [0.25, 0.3) is 0 Å². The molecule has 0 radical (unpaired) electrons. The van der Waals surface area contributed by atoms with E-state index in [9.17, 15) is 0 Å². The number of aromatic amines is 1. The second-order valence-electron chi connectivity index (χ2n) is 8.45. The first-order chi connectivity index (χ1) is 16.3. The van der Waals surface area contributed by atoms with Gasteiger partial charge in [-0.1, -0.05) is 54.1 Å². The third-order valence-corrected chi connectivity index (χ3v) is 6.82. The summed E-state index contributed by atoms with van der Waals surface area (Å²) in [5.74, 6) is 0.605. The molecule has 3 aromatic heterocycles. The fourth-order valence-corrected chi connectivity index (χ4v) is 5.13. The highest BCUT2D eigenvalue weighted by atomic mass is 35.5. The monoisotopic (exact) mass is 454 g/mol. The average Bonchev–Trinajstić information content (AvgIpc) is 3.50. The maximum Gasteiger partial charge on any atom is 0.214 e. The summed E-state index contributed by atoms with van der Waals surface area (Å²) in [6, 6.07) is 18.6. The van der Waals surface area contributed by atoms with Crippen LogP contribution in [0.3, 0.4) is 0 Å². The van der Waals surface area contributed by atoms with Gasteiger partial charge in [-0.05, 0) is 42.0 Å². The molecule has 6 rings (SSSR count). The molecule has 5 nitrogen and oxygen atoms in total. The maximum atomic E-state index is 6.53. The van der Waals surface area contributed by atoms with Crippen LogP contribution in [0.15, 0.2) is 79.5 Å². The van der Waals surface area contributed by atoms with E-state index in [0.29, 0.717) is 12.5 Å². The van der Waals surface area contributed by atoms with Crippen LogP contribution in [0.1, 0.15) is 35.6 Å². The number of nitrogens with zero attached hydrogens (tertiary/aromatic N) is 3. The number of H-pyrrole nitrogens is 1. The Morgan fingerprint density at radius 1 is 1.09 bits per heavy atom. The van der Waals surface area contributed by atoms with Crippen molar-refractivity contribution in [3.8, 4) is 17.1 Å². The normalized spacial score (nSPS) is 15.5. The third-order valence-electron chi connectivity index (χ3n) is 6.47. The van der Waals surface area contributed by atoms with Crippen molar-refractivity contribution < 1.29 is 4.74 Å². The lowest BCUT2D eigenvalue weighted by Crippen LogP contribution is -2.17. The largest absolute Gasteiger partial charge is 0.473 e. The predicted octanol–water partition coefficient (Wildman–Crippen LogP) is 6.58. The molecule has 6 heteroatoms. The van der Waals surface area contributed by atoms with Gasteiger partial charge in [-0.2, -0.15) is 0 Å². The highest BCUT2D eigenvalue weighted by Crippen LogP contribution is 2.39. The Balaban J connectivity index is 1.36. The summed E-state index contributed by atoms with van der Waals surface area (Å²) < 4.78 is 8.27. The number of hydrogen-bond acceptors (Lipinski definition) is 3. The molecule has 1 N–H and O–H groups in total. The van der Waals surface area contributed by atoms with Crippen LogP contribution in [-0.2, 0) is 13.0 Å². The van der Waals surface area contributed by atoms with Gasteiger partial charge in [0.15, 0.2) is 0 Å². The summed E-state index contributed by atoms with van der Waals surface area (Å²) in [7, 11) is 0. The summed E-state index contributed by atoms with van der Waals surface area (Å²) in [6.07, 6.45) is 10.9. The zero-order chi connectivity index (χ0) is 22.2. The Labute approximate surface area is 197 Å². The lowest BCUT2D eigenvalue weighted by atomic mass is 9.87. The first kappa shape index (κ1) is 20.1. The Hall–Kier alpha value is -3.57. The molecule has 164 valence electrons. The summed E-state index contributed by atoms with van der Waals surface area (Å²) in [5.41, 5.74) is 6.79. The average molecular weight is 455 g/mol. The molecule has 5 aromatic rings. The van der Waals surface area contributed by atoms with E-state index in [1.807, 2.05) is 73.4 Å². The highest BCUT2D eigenvalue weighted by molar-refractivity contribution is 6.31. The van der Waals surface area contributed by atoms with Gasteiger partial charge in [-0.3, -0.25) is 0 Å². The quantitative estimate of drug-likeness (QED) is 0.326. The lowest BCUT2D eigenvalue weighted by molar-refractivity contribution is 0.294. The molecular weight excluding hydrogens is 432 g/mol. The van der Waals surface area contributed by atoms with Crippen molar-refractivity contribution in [1.82, 2.24) is 19.5 Å². The zero-order valence-electron chi connectivity index (χ0n) is 18.0. The Kier molecular flexibility index (Phi) is 5.11. The number of ether oxygens (including phenoxy) is 1. The SMILES string of the molecule is Clc1cccc2c1CCCC2n1cncc1-c1c[nH]c2cnc(OCc3ccccc3)cc12. The first-order valence-corrected chi connectivity index (χ1v) is 11.6. The van der Waals surface area contributed by atoms with E-state index in [0.717, 1.165) is 52.0 Å². The van der Waals surface area contributed by atoms with Crippen molar-refractivity contribution >= 4 is 22.5 Å². The van der Waals surface area contributed by atoms with Gasteiger partial charge in [0.05, 0.1) is 36.0 Å². The van der Waals surface area contributed by atoms with Crippen LogP contribution in [0.2, 0.25) is 5.02 Å². The fourth-order valence-electron chi connectivity index (χ4n) is 4.85. The summed E-state index contributed by atoms with van der Waals surface area (Å²) in [6.45, 7) is 0.483. The van der Waals surface area contributed by atoms with E-state index >= 15 is 0 Å². The van der Waals surface area contributed by atoms with E-state index in [1.165, 1.54) is 11.1 Å². The second kappa shape index (κ2) is 8.41. The number of benzene rings is 2. The number of halogens is 1. The molecule has 0 bridgehead atoms. The van der Waals surface area contributed by atoms with Crippen molar-refractivity contribution in [2.45, 2.75) is 31.9 Å². The van der Waals surface area contributed by atoms with Crippen LogP contribution in [0.5, 0.6) is 5.88 Å². The molecule has 0 saturated heterocycles. The van der Waals surface area contributed by atoms with Gasteiger partial charge in [0.2, 0.25) is 5.88 Å².